The van der Waals surface area contributed by atoms with Crippen molar-refractivity contribution in [1.82, 2.24) is 5.32 Å². The fourth-order valence-corrected chi connectivity index (χ4v) is 1.83. The van der Waals surface area contributed by atoms with Crippen LogP contribution in [0.25, 0.3) is 0 Å². The van der Waals surface area contributed by atoms with E-state index in [9.17, 15) is 19.5 Å². The van der Waals surface area contributed by atoms with Crippen molar-refractivity contribution in [3.8, 4) is 0 Å². The average molecular weight is 303 g/mol. The van der Waals surface area contributed by atoms with Gasteiger partial charge < -0.3 is 19.9 Å². The van der Waals surface area contributed by atoms with E-state index in [1.54, 1.807) is 6.92 Å². The monoisotopic (exact) mass is 303 g/mol. The van der Waals surface area contributed by atoms with Crippen LogP contribution >= 0.6 is 0 Å². The van der Waals surface area contributed by atoms with Gasteiger partial charge in [-0.3, -0.25) is 9.59 Å². The predicted octanol–water partition coefficient (Wildman–Crippen LogP) is 0.250. The molecule has 0 aromatic carbocycles. The zero-order valence-corrected chi connectivity index (χ0v) is 13.2. The minimum absolute atomic E-state index is 0.0448. The maximum Gasteiger partial charge on any atom is 0.328 e. The van der Waals surface area contributed by atoms with E-state index >= 15 is 0 Å². The summed E-state index contributed by atoms with van der Waals surface area (Å²) in [5.74, 6) is -2.20. The molecule has 0 unspecified atom stereocenters. The number of hydrogen-bond donors (Lipinski definition) is 2. The summed E-state index contributed by atoms with van der Waals surface area (Å²) >= 11 is 0. The molecule has 0 saturated heterocycles. The Balaban J connectivity index is 4.80. The van der Waals surface area contributed by atoms with Crippen LogP contribution in [-0.2, 0) is 23.9 Å². The highest BCUT2D eigenvalue weighted by Gasteiger charge is 2.31. The average Bonchev–Trinajstić information content (AvgIpc) is 2.42. The maximum absolute atomic E-state index is 11.9. The molecule has 0 aromatic rings. The van der Waals surface area contributed by atoms with Crippen molar-refractivity contribution in [3.63, 3.8) is 0 Å². The fraction of sp³-hybridized carbons (Fsp3) is 0.786. The Hall–Kier alpha value is -1.63. The Morgan fingerprint density at radius 2 is 1.67 bits per heavy atom. The van der Waals surface area contributed by atoms with Crippen LogP contribution in [0.3, 0.4) is 0 Å². The zero-order valence-electron chi connectivity index (χ0n) is 13.2. The molecule has 21 heavy (non-hydrogen) atoms. The number of aliphatic hydroxyl groups excluding tert-OH is 1. The van der Waals surface area contributed by atoms with Crippen molar-refractivity contribution in [2.45, 2.75) is 45.8 Å². The van der Waals surface area contributed by atoms with Gasteiger partial charge in [-0.1, -0.05) is 20.8 Å². The van der Waals surface area contributed by atoms with Crippen LogP contribution in [0.4, 0.5) is 0 Å². The van der Waals surface area contributed by atoms with Crippen LogP contribution in [-0.4, -0.2) is 49.3 Å². The maximum atomic E-state index is 11.9. The summed E-state index contributed by atoms with van der Waals surface area (Å²) in [5.41, 5.74) is 0. The molecule has 122 valence electrons. The molecule has 0 fully saturated rings. The van der Waals surface area contributed by atoms with E-state index < -0.39 is 35.9 Å². The molecule has 3 atom stereocenters. The lowest BCUT2D eigenvalue weighted by Gasteiger charge is -2.23. The Bertz CT molecular complexity index is 368. The van der Waals surface area contributed by atoms with E-state index in [4.69, 9.17) is 0 Å². The number of carbonyl (C=O) groups is 3. The summed E-state index contributed by atoms with van der Waals surface area (Å²) in [5, 5.41) is 12.2. The number of methoxy groups -OCH3 is 2. The Labute approximate surface area is 125 Å². The largest absolute Gasteiger partial charge is 0.469 e. The fourth-order valence-electron chi connectivity index (χ4n) is 1.83. The van der Waals surface area contributed by atoms with Crippen molar-refractivity contribution in [2.75, 3.05) is 14.2 Å². The molecule has 0 aliphatic rings. The van der Waals surface area contributed by atoms with Gasteiger partial charge in [0, 0.05) is 0 Å². The topological polar surface area (TPSA) is 102 Å². The van der Waals surface area contributed by atoms with E-state index in [2.05, 4.69) is 14.8 Å². The van der Waals surface area contributed by atoms with Gasteiger partial charge in [0.15, 0.2) is 0 Å². The first-order valence-electron chi connectivity index (χ1n) is 6.86. The highest BCUT2D eigenvalue weighted by atomic mass is 16.5. The van der Waals surface area contributed by atoms with Crippen LogP contribution < -0.4 is 5.32 Å². The SMILES string of the molecule is COC(=O)C[C@@H](C)[C@@H](NC(=O)[C@@H](O)CC(C)C)C(=O)OC. The standard InChI is InChI=1S/C14H25NO6/c1-8(2)6-10(16)13(18)15-12(14(19)21-5)9(3)7-11(17)20-4/h8-10,12,16H,6-7H2,1-5H3,(H,15,18)/t9-,10+,12-/m1/s1. The van der Waals surface area contributed by atoms with Crippen molar-refractivity contribution in [2.24, 2.45) is 11.8 Å². The summed E-state index contributed by atoms with van der Waals surface area (Å²) < 4.78 is 9.16. The lowest BCUT2D eigenvalue weighted by atomic mass is 9.97. The number of amides is 1. The summed E-state index contributed by atoms with van der Waals surface area (Å²) in [6.07, 6.45) is -0.968. The normalized spacial score (nSPS) is 15.0. The van der Waals surface area contributed by atoms with Gasteiger partial charge in [0.2, 0.25) is 5.91 Å². The number of rotatable bonds is 8. The first-order chi connectivity index (χ1) is 9.72. The molecule has 2 N–H and O–H groups in total. The second-order valence-corrected chi connectivity index (χ2v) is 5.41. The lowest BCUT2D eigenvalue weighted by Crippen LogP contribution is -2.49. The summed E-state index contributed by atoms with van der Waals surface area (Å²) in [7, 11) is 2.43. The van der Waals surface area contributed by atoms with E-state index in [0.29, 0.717) is 0 Å². The molecule has 7 heteroatoms. The van der Waals surface area contributed by atoms with Gasteiger partial charge in [0.05, 0.1) is 20.6 Å². The van der Waals surface area contributed by atoms with Crippen molar-refractivity contribution < 1.29 is 29.0 Å². The minimum atomic E-state index is -1.21. The van der Waals surface area contributed by atoms with Crippen LogP contribution in [0, 0.1) is 11.8 Å². The van der Waals surface area contributed by atoms with E-state index in [1.807, 2.05) is 13.8 Å². The molecular formula is C14H25NO6. The van der Waals surface area contributed by atoms with Crippen LogP contribution in [0.5, 0.6) is 0 Å². The third-order valence-corrected chi connectivity index (χ3v) is 3.04. The number of ether oxygens (including phenoxy) is 2. The molecule has 0 heterocycles. The van der Waals surface area contributed by atoms with Crippen molar-refractivity contribution >= 4 is 17.8 Å². The van der Waals surface area contributed by atoms with Gasteiger partial charge in [0.1, 0.15) is 12.1 Å². The third-order valence-electron chi connectivity index (χ3n) is 3.04. The van der Waals surface area contributed by atoms with Gasteiger partial charge in [-0.25, -0.2) is 4.79 Å². The molecule has 0 radical (unpaired) electrons. The summed E-state index contributed by atoms with van der Waals surface area (Å²) in [4.78, 5) is 34.9. The Morgan fingerprint density at radius 3 is 2.10 bits per heavy atom. The third kappa shape index (κ3) is 7.08. The second kappa shape index (κ2) is 9.33. The van der Waals surface area contributed by atoms with Crippen LogP contribution in [0.2, 0.25) is 0 Å². The predicted molar refractivity (Wildman–Crippen MR) is 75.2 cm³/mol. The van der Waals surface area contributed by atoms with E-state index in [0.717, 1.165) is 0 Å². The Morgan fingerprint density at radius 1 is 1.10 bits per heavy atom. The number of aliphatic hydroxyl groups is 1. The second-order valence-electron chi connectivity index (χ2n) is 5.41. The molecule has 0 aliphatic carbocycles. The number of nitrogens with one attached hydrogen (secondary N) is 1. The lowest BCUT2D eigenvalue weighted by molar-refractivity contribution is -0.149. The highest BCUT2D eigenvalue weighted by Crippen LogP contribution is 2.12. The quantitative estimate of drug-likeness (QED) is 0.623. The number of hydrogen-bond acceptors (Lipinski definition) is 6. The van der Waals surface area contributed by atoms with Crippen molar-refractivity contribution in [3.05, 3.63) is 0 Å². The molecule has 1 amide bonds. The van der Waals surface area contributed by atoms with Crippen LogP contribution in [0.15, 0.2) is 0 Å². The van der Waals surface area contributed by atoms with E-state index in [-0.39, 0.29) is 18.8 Å². The van der Waals surface area contributed by atoms with Gasteiger partial charge in [-0.05, 0) is 18.3 Å². The van der Waals surface area contributed by atoms with Crippen molar-refractivity contribution in [1.29, 1.82) is 0 Å². The first kappa shape index (κ1) is 19.4. The smallest absolute Gasteiger partial charge is 0.328 e. The highest BCUT2D eigenvalue weighted by molar-refractivity contribution is 5.87. The van der Waals surface area contributed by atoms with Gasteiger partial charge in [0.25, 0.3) is 0 Å². The summed E-state index contributed by atoms with van der Waals surface area (Å²) in [6, 6.07) is -1.01. The molecule has 0 spiro atoms. The van der Waals surface area contributed by atoms with E-state index in [1.165, 1.54) is 14.2 Å². The van der Waals surface area contributed by atoms with Gasteiger partial charge in [-0.2, -0.15) is 0 Å². The molecule has 0 saturated carbocycles. The van der Waals surface area contributed by atoms with Gasteiger partial charge in [-0.15, -0.1) is 0 Å². The van der Waals surface area contributed by atoms with Gasteiger partial charge >= 0.3 is 11.9 Å². The first-order valence-corrected chi connectivity index (χ1v) is 6.86. The molecule has 0 bridgehead atoms. The Kier molecular flexibility index (Phi) is 8.61. The molecular weight excluding hydrogens is 278 g/mol. The minimum Gasteiger partial charge on any atom is -0.469 e. The molecule has 0 rings (SSSR count). The number of carbonyl (C=O) groups excluding carboxylic acids is 3. The molecule has 0 aromatic heterocycles. The van der Waals surface area contributed by atoms with Crippen LogP contribution in [0.1, 0.15) is 33.6 Å². The number of esters is 2. The zero-order chi connectivity index (χ0) is 16.6. The molecule has 0 aliphatic heterocycles. The summed E-state index contributed by atoms with van der Waals surface area (Å²) in [6.45, 7) is 5.36. The molecule has 7 nitrogen and oxygen atoms in total.